The standard InChI is InChI=1S/C16H12F3N3O5S/c17-16(18,19)9-2-1-3-11(6-9)28(25,26)20-8-14(23)21-10-4-5-13-12(7-10)22-15(24)27-13/h1-7,20H,8H2,(H,21,23)(H,22,24). The lowest BCUT2D eigenvalue weighted by Crippen LogP contribution is -2.33. The number of aromatic nitrogens is 1. The highest BCUT2D eigenvalue weighted by atomic mass is 32.2. The summed E-state index contributed by atoms with van der Waals surface area (Å²) in [7, 11) is -4.34. The Morgan fingerprint density at radius 2 is 1.89 bits per heavy atom. The molecule has 0 unspecified atom stereocenters. The molecule has 3 N–H and O–H groups in total. The van der Waals surface area contributed by atoms with Gasteiger partial charge in [-0.05, 0) is 36.4 Å². The van der Waals surface area contributed by atoms with Gasteiger partial charge >= 0.3 is 11.9 Å². The van der Waals surface area contributed by atoms with Crippen molar-refractivity contribution >= 4 is 32.7 Å². The molecule has 12 heteroatoms. The number of rotatable bonds is 5. The Labute approximate surface area is 155 Å². The van der Waals surface area contributed by atoms with Gasteiger partial charge in [0.15, 0.2) is 5.58 Å². The fourth-order valence-corrected chi connectivity index (χ4v) is 3.35. The zero-order chi connectivity index (χ0) is 20.5. The molecule has 0 aliphatic carbocycles. The zero-order valence-electron chi connectivity index (χ0n) is 13.8. The van der Waals surface area contributed by atoms with Crippen molar-refractivity contribution in [3.63, 3.8) is 0 Å². The van der Waals surface area contributed by atoms with E-state index in [0.29, 0.717) is 11.6 Å². The van der Waals surface area contributed by atoms with E-state index in [-0.39, 0.29) is 11.3 Å². The number of sulfonamides is 1. The van der Waals surface area contributed by atoms with Gasteiger partial charge in [-0.2, -0.15) is 13.2 Å². The monoisotopic (exact) mass is 415 g/mol. The lowest BCUT2D eigenvalue weighted by atomic mass is 10.2. The Morgan fingerprint density at radius 1 is 1.14 bits per heavy atom. The number of hydrogen-bond donors (Lipinski definition) is 3. The van der Waals surface area contributed by atoms with Gasteiger partial charge in [-0.3, -0.25) is 9.78 Å². The van der Waals surface area contributed by atoms with Gasteiger partial charge in [0.25, 0.3) is 0 Å². The second-order valence-electron chi connectivity index (χ2n) is 5.62. The number of halogens is 3. The second kappa shape index (κ2) is 7.13. The number of amides is 1. The van der Waals surface area contributed by atoms with Crippen molar-refractivity contribution in [1.29, 1.82) is 0 Å². The molecule has 0 fully saturated rings. The van der Waals surface area contributed by atoms with Gasteiger partial charge in [-0.1, -0.05) is 6.07 Å². The number of carbonyl (C=O) groups excluding carboxylic acids is 1. The van der Waals surface area contributed by atoms with Crippen LogP contribution in [0.1, 0.15) is 5.56 Å². The molecule has 2 aromatic carbocycles. The zero-order valence-corrected chi connectivity index (χ0v) is 14.6. The minimum Gasteiger partial charge on any atom is -0.408 e. The first-order valence-corrected chi connectivity index (χ1v) is 9.12. The van der Waals surface area contributed by atoms with Crippen LogP contribution in [0.3, 0.4) is 0 Å². The van der Waals surface area contributed by atoms with Gasteiger partial charge in [0, 0.05) is 5.69 Å². The number of benzene rings is 2. The van der Waals surface area contributed by atoms with Crippen molar-refractivity contribution in [2.24, 2.45) is 0 Å². The summed E-state index contributed by atoms with van der Waals surface area (Å²) >= 11 is 0. The van der Waals surface area contributed by atoms with E-state index in [2.05, 4.69) is 10.3 Å². The van der Waals surface area contributed by atoms with E-state index in [9.17, 15) is 31.2 Å². The molecule has 1 amide bonds. The number of carbonyl (C=O) groups is 1. The number of oxazole rings is 1. The van der Waals surface area contributed by atoms with Gasteiger partial charge in [0.2, 0.25) is 15.9 Å². The lowest BCUT2D eigenvalue weighted by molar-refractivity contribution is -0.137. The number of nitrogens with one attached hydrogen (secondary N) is 3. The van der Waals surface area contributed by atoms with Crippen LogP contribution >= 0.6 is 0 Å². The van der Waals surface area contributed by atoms with Crippen LogP contribution in [-0.2, 0) is 21.0 Å². The Hall–Kier alpha value is -3.12. The predicted octanol–water partition coefficient (Wildman–Crippen LogP) is 2.06. The molecule has 8 nitrogen and oxygen atoms in total. The summed E-state index contributed by atoms with van der Waals surface area (Å²) in [4.78, 5) is 24.8. The van der Waals surface area contributed by atoms with E-state index in [1.165, 1.54) is 18.2 Å². The highest BCUT2D eigenvalue weighted by Crippen LogP contribution is 2.30. The van der Waals surface area contributed by atoms with E-state index in [0.717, 1.165) is 18.2 Å². The summed E-state index contributed by atoms with van der Waals surface area (Å²) in [5.41, 5.74) is -0.268. The minimum absolute atomic E-state index is 0.257. The van der Waals surface area contributed by atoms with Crippen molar-refractivity contribution in [2.75, 3.05) is 11.9 Å². The first-order valence-electron chi connectivity index (χ1n) is 7.64. The van der Waals surface area contributed by atoms with Crippen molar-refractivity contribution in [1.82, 2.24) is 9.71 Å². The van der Waals surface area contributed by atoms with Crippen LogP contribution in [0.2, 0.25) is 0 Å². The van der Waals surface area contributed by atoms with Crippen molar-refractivity contribution < 1.29 is 30.8 Å². The van der Waals surface area contributed by atoms with Crippen molar-refractivity contribution in [3.05, 3.63) is 58.6 Å². The Balaban J connectivity index is 1.68. The van der Waals surface area contributed by atoms with E-state index < -0.39 is 44.9 Å². The second-order valence-corrected chi connectivity index (χ2v) is 7.39. The number of anilines is 1. The molecule has 0 spiro atoms. The van der Waals surface area contributed by atoms with E-state index in [1.54, 1.807) is 0 Å². The average Bonchev–Trinajstić information content (AvgIpc) is 2.99. The predicted molar refractivity (Wildman–Crippen MR) is 92.1 cm³/mol. The highest BCUT2D eigenvalue weighted by Gasteiger charge is 2.31. The lowest BCUT2D eigenvalue weighted by Gasteiger charge is -2.10. The fourth-order valence-electron chi connectivity index (χ4n) is 2.32. The van der Waals surface area contributed by atoms with Crippen LogP contribution in [-0.4, -0.2) is 25.9 Å². The van der Waals surface area contributed by atoms with Crippen LogP contribution in [0.25, 0.3) is 11.1 Å². The summed E-state index contributed by atoms with van der Waals surface area (Å²) in [6.45, 7) is -0.710. The molecule has 0 bridgehead atoms. The van der Waals surface area contributed by atoms with Crippen LogP contribution in [0.5, 0.6) is 0 Å². The summed E-state index contributed by atoms with van der Waals surface area (Å²) in [5, 5.41) is 2.39. The molecule has 1 aromatic heterocycles. The molecule has 3 aromatic rings. The van der Waals surface area contributed by atoms with E-state index in [4.69, 9.17) is 4.42 Å². The maximum atomic E-state index is 12.7. The van der Waals surface area contributed by atoms with Crippen LogP contribution in [0.4, 0.5) is 18.9 Å². The molecule has 0 saturated heterocycles. The summed E-state index contributed by atoms with van der Waals surface area (Å²) < 4.78 is 69.2. The summed E-state index contributed by atoms with van der Waals surface area (Å²) in [6.07, 6.45) is -4.70. The average molecular weight is 415 g/mol. The van der Waals surface area contributed by atoms with Crippen LogP contribution < -0.4 is 15.8 Å². The number of H-pyrrole nitrogens is 1. The van der Waals surface area contributed by atoms with Gasteiger partial charge in [-0.15, -0.1) is 0 Å². The molecular formula is C16H12F3N3O5S. The molecule has 0 atom stereocenters. The molecule has 1 heterocycles. The van der Waals surface area contributed by atoms with Crippen LogP contribution in [0, 0.1) is 0 Å². The van der Waals surface area contributed by atoms with Crippen molar-refractivity contribution in [3.8, 4) is 0 Å². The first-order chi connectivity index (χ1) is 13.0. The SMILES string of the molecule is O=C(CNS(=O)(=O)c1cccc(C(F)(F)F)c1)Nc1ccc2oc(=O)[nH]c2c1. The highest BCUT2D eigenvalue weighted by molar-refractivity contribution is 7.89. The minimum atomic E-state index is -4.70. The van der Waals surface area contributed by atoms with Gasteiger partial charge < -0.3 is 9.73 Å². The van der Waals surface area contributed by atoms with E-state index in [1.807, 2.05) is 4.72 Å². The summed E-state index contributed by atoms with van der Waals surface area (Å²) in [6, 6.07) is 7.41. The maximum Gasteiger partial charge on any atom is 0.417 e. The van der Waals surface area contributed by atoms with Gasteiger partial charge in [0.05, 0.1) is 22.5 Å². The first kappa shape index (κ1) is 19.6. The third kappa shape index (κ3) is 4.40. The number of alkyl halides is 3. The molecular weight excluding hydrogens is 403 g/mol. The number of fused-ring (bicyclic) bond motifs is 1. The van der Waals surface area contributed by atoms with E-state index >= 15 is 0 Å². The van der Waals surface area contributed by atoms with Gasteiger partial charge in [0.1, 0.15) is 0 Å². The fraction of sp³-hybridized carbons (Fsp3) is 0.125. The molecule has 28 heavy (non-hydrogen) atoms. The Kier molecular flexibility index (Phi) is 5.00. The molecule has 3 rings (SSSR count). The molecule has 0 radical (unpaired) electrons. The maximum absolute atomic E-state index is 12.7. The molecule has 0 aliphatic rings. The summed E-state index contributed by atoms with van der Waals surface area (Å²) in [5.74, 6) is -1.44. The third-order valence-corrected chi connectivity index (χ3v) is 5.00. The van der Waals surface area contributed by atoms with Crippen LogP contribution in [0.15, 0.2) is 56.6 Å². The number of aromatic amines is 1. The van der Waals surface area contributed by atoms with Gasteiger partial charge in [-0.25, -0.2) is 17.9 Å². The van der Waals surface area contributed by atoms with Crippen molar-refractivity contribution in [2.45, 2.75) is 11.1 Å². The normalized spacial score (nSPS) is 12.2. The Morgan fingerprint density at radius 3 is 2.61 bits per heavy atom. The topological polar surface area (TPSA) is 121 Å². The molecule has 0 aliphatic heterocycles. The Bertz CT molecular complexity index is 1200. The molecule has 148 valence electrons. The smallest absolute Gasteiger partial charge is 0.408 e. The third-order valence-electron chi connectivity index (χ3n) is 3.60. The number of hydrogen-bond acceptors (Lipinski definition) is 5. The largest absolute Gasteiger partial charge is 0.417 e. The molecule has 0 saturated carbocycles. The quantitative estimate of drug-likeness (QED) is 0.589.